The summed E-state index contributed by atoms with van der Waals surface area (Å²) < 4.78 is 5.91. The van der Waals surface area contributed by atoms with E-state index < -0.39 is 0 Å². The first kappa shape index (κ1) is 11.1. The molecule has 0 unspecified atom stereocenters. The molecule has 0 aliphatic carbocycles. The van der Waals surface area contributed by atoms with E-state index in [1.165, 1.54) is 0 Å². The average Bonchev–Trinajstić information content (AvgIpc) is 3.05. The zero-order chi connectivity index (χ0) is 12.8. The Labute approximate surface area is 115 Å². The van der Waals surface area contributed by atoms with Gasteiger partial charge in [0.1, 0.15) is 17.4 Å². The third-order valence-corrected chi connectivity index (χ3v) is 3.68. The number of anilines is 1. The van der Waals surface area contributed by atoms with Gasteiger partial charge >= 0.3 is 0 Å². The van der Waals surface area contributed by atoms with Crippen molar-refractivity contribution in [1.82, 2.24) is 9.97 Å². The number of hydrogen-bond donors (Lipinski definition) is 0. The Morgan fingerprint density at radius 2 is 2.21 bits per heavy atom. The van der Waals surface area contributed by atoms with Gasteiger partial charge in [-0.2, -0.15) is 0 Å². The van der Waals surface area contributed by atoms with Gasteiger partial charge in [0.25, 0.3) is 0 Å². The minimum absolute atomic E-state index is 0.685. The maximum atomic E-state index is 6.04. The van der Waals surface area contributed by atoms with E-state index in [4.69, 9.17) is 16.0 Å². The Morgan fingerprint density at radius 1 is 1.26 bits per heavy atom. The van der Waals surface area contributed by atoms with Crippen LogP contribution in [-0.2, 0) is 0 Å². The zero-order valence-corrected chi connectivity index (χ0v) is 10.9. The van der Waals surface area contributed by atoms with Crippen LogP contribution in [0.2, 0.25) is 5.02 Å². The van der Waals surface area contributed by atoms with Crippen LogP contribution in [0.25, 0.3) is 22.1 Å². The van der Waals surface area contributed by atoms with Crippen LogP contribution in [0.3, 0.4) is 0 Å². The molecule has 4 nitrogen and oxygen atoms in total. The van der Waals surface area contributed by atoms with Gasteiger partial charge in [0.05, 0.1) is 0 Å². The van der Waals surface area contributed by atoms with Gasteiger partial charge in [0.15, 0.2) is 11.4 Å². The highest BCUT2D eigenvalue weighted by atomic mass is 35.5. The second kappa shape index (κ2) is 4.10. The monoisotopic (exact) mass is 272 g/mol. The number of hydrogen-bond acceptors (Lipinski definition) is 4. The predicted octanol–water partition coefficient (Wildman–Crippen LogP) is 3.44. The number of halogens is 1. The molecule has 1 radical (unpaired) electrons. The van der Waals surface area contributed by atoms with E-state index in [1.807, 2.05) is 18.2 Å². The minimum atomic E-state index is 0.685. The lowest BCUT2D eigenvalue weighted by molar-refractivity contribution is 0.663. The smallest absolute Gasteiger partial charge is 0.196 e. The van der Waals surface area contributed by atoms with Crippen LogP contribution in [-0.4, -0.2) is 23.1 Å². The highest BCUT2D eigenvalue weighted by Gasteiger charge is 2.20. The van der Waals surface area contributed by atoms with Gasteiger partial charge in [-0.05, 0) is 31.0 Å². The summed E-state index contributed by atoms with van der Waals surface area (Å²) in [5.41, 5.74) is 2.37. The van der Waals surface area contributed by atoms with E-state index >= 15 is 0 Å². The molecule has 19 heavy (non-hydrogen) atoms. The highest BCUT2D eigenvalue weighted by molar-refractivity contribution is 6.31. The molecule has 5 heteroatoms. The third-order valence-electron chi connectivity index (χ3n) is 3.45. The lowest BCUT2D eigenvalue weighted by atomic mass is 10.2. The predicted molar refractivity (Wildman–Crippen MR) is 75.5 cm³/mol. The Balaban J connectivity index is 2.02. The van der Waals surface area contributed by atoms with Crippen molar-refractivity contribution in [3.63, 3.8) is 0 Å². The molecule has 0 saturated carbocycles. The number of nitrogens with zero attached hydrogens (tertiary/aromatic N) is 3. The molecular weight excluding hydrogens is 262 g/mol. The molecule has 0 bridgehead atoms. The minimum Gasteiger partial charge on any atom is -0.450 e. The van der Waals surface area contributed by atoms with Crippen molar-refractivity contribution in [3.05, 3.63) is 36.0 Å². The summed E-state index contributed by atoms with van der Waals surface area (Å²) in [5, 5.41) is 1.62. The Hall–Kier alpha value is -1.81. The summed E-state index contributed by atoms with van der Waals surface area (Å²) in [6, 6.07) is 5.58. The van der Waals surface area contributed by atoms with Crippen molar-refractivity contribution in [2.45, 2.75) is 6.42 Å². The molecule has 95 valence electrons. The first-order chi connectivity index (χ1) is 9.33. The number of furan rings is 1. The van der Waals surface area contributed by atoms with E-state index in [9.17, 15) is 0 Å². The number of benzene rings is 1. The SMILES string of the molecule is Clc1ccc2oc3c(N4C[CH]CC4)ncnc3c2c1. The van der Waals surface area contributed by atoms with Gasteiger partial charge in [-0.15, -0.1) is 0 Å². The van der Waals surface area contributed by atoms with E-state index in [2.05, 4.69) is 21.3 Å². The normalized spacial score (nSPS) is 15.7. The molecule has 1 aliphatic rings. The van der Waals surface area contributed by atoms with Crippen molar-refractivity contribution >= 4 is 39.5 Å². The largest absolute Gasteiger partial charge is 0.450 e. The van der Waals surface area contributed by atoms with Crippen LogP contribution in [0.1, 0.15) is 6.42 Å². The van der Waals surface area contributed by atoms with Crippen molar-refractivity contribution in [2.75, 3.05) is 18.0 Å². The maximum absolute atomic E-state index is 6.04. The highest BCUT2D eigenvalue weighted by Crippen LogP contribution is 2.34. The van der Waals surface area contributed by atoms with Gasteiger partial charge in [-0.1, -0.05) is 11.6 Å². The van der Waals surface area contributed by atoms with Crippen LogP contribution in [0.4, 0.5) is 5.82 Å². The quantitative estimate of drug-likeness (QED) is 0.680. The molecular formula is C14H11ClN3O. The fourth-order valence-corrected chi connectivity index (χ4v) is 2.71. The fraction of sp³-hybridized carbons (Fsp3) is 0.214. The average molecular weight is 273 g/mol. The van der Waals surface area contributed by atoms with Crippen LogP contribution in [0.5, 0.6) is 0 Å². The second-order valence-electron chi connectivity index (χ2n) is 4.64. The van der Waals surface area contributed by atoms with Crippen LogP contribution < -0.4 is 4.90 Å². The molecule has 0 atom stereocenters. The van der Waals surface area contributed by atoms with Gasteiger partial charge in [-0.3, -0.25) is 0 Å². The topological polar surface area (TPSA) is 42.2 Å². The summed E-state index contributed by atoms with van der Waals surface area (Å²) in [6.45, 7) is 1.88. The molecule has 2 aromatic heterocycles. The fourth-order valence-electron chi connectivity index (χ4n) is 2.54. The molecule has 1 aromatic carbocycles. The van der Waals surface area contributed by atoms with Crippen LogP contribution in [0.15, 0.2) is 28.9 Å². The number of aromatic nitrogens is 2. The van der Waals surface area contributed by atoms with E-state index in [0.29, 0.717) is 5.02 Å². The molecule has 1 aliphatic heterocycles. The second-order valence-corrected chi connectivity index (χ2v) is 5.08. The Morgan fingerprint density at radius 3 is 3.05 bits per heavy atom. The lowest BCUT2D eigenvalue weighted by Gasteiger charge is -2.15. The first-order valence-electron chi connectivity index (χ1n) is 6.22. The van der Waals surface area contributed by atoms with Crippen molar-refractivity contribution in [1.29, 1.82) is 0 Å². The Kier molecular flexibility index (Phi) is 2.38. The zero-order valence-electron chi connectivity index (χ0n) is 10.1. The number of rotatable bonds is 1. The van der Waals surface area contributed by atoms with Gasteiger partial charge in [0.2, 0.25) is 0 Å². The molecule has 1 fully saturated rings. The molecule has 1 saturated heterocycles. The molecule has 0 spiro atoms. The number of fused-ring (bicyclic) bond motifs is 3. The van der Waals surface area contributed by atoms with E-state index in [1.54, 1.807) is 6.33 Å². The molecule has 0 N–H and O–H groups in total. The molecule has 0 amide bonds. The summed E-state index contributed by atoms with van der Waals surface area (Å²) >= 11 is 6.04. The van der Waals surface area contributed by atoms with E-state index in [-0.39, 0.29) is 0 Å². The molecule has 3 heterocycles. The van der Waals surface area contributed by atoms with E-state index in [0.717, 1.165) is 47.4 Å². The Bertz CT molecular complexity index is 762. The van der Waals surface area contributed by atoms with Crippen molar-refractivity contribution in [3.8, 4) is 0 Å². The maximum Gasteiger partial charge on any atom is 0.196 e. The molecule has 3 aromatic rings. The third kappa shape index (κ3) is 1.67. The van der Waals surface area contributed by atoms with Gasteiger partial charge in [-0.25, -0.2) is 9.97 Å². The van der Waals surface area contributed by atoms with Crippen LogP contribution in [0, 0.1) is 6.42 Å². The summed E-state index contributed by atoms with van der Waals surface area (Å²) in [6.07, 6.45) is 4.91. The standard InChI is InChI=1S/C14H11ClN3O/c15-9-3-4-11-10(7-9)12-13(19-11)14(17-8-16-12)18-5-1-2-6-18/h1,3-4,7-8H,2,5-6H2. The van der Waals surface area contributed by atoms with Gasteiger partial charge in [0, 0.05) is 23.5 Å². The molecule has 4 rings (SSSR count). The van der Waals surface area contributed by atoms with Gasteiger partial charge < -0.3 is 9.32 Å². The van der Waals surface area contributed by atoms with Crippen LogP contribution >= 0.6 is 11.6 Å². The van der Waals surface area contributed by atoms with Crippen molar-refractivity contribution in [2.24, 2.45) is 0 Å². The first-order valence-corrected chi connectivity index (χ1v) is 6.60. The summed E-state index contributed by atoms with van der Waals surface area (Å²) in [5.74, 6) is 0.867. The summed E-state index contributed by atoms with van der Waals surface area (Å²) in [4.78, 5) is 10.9. The lowest BCUT2D eigenvalue weighted by Crippen LogP contribution is -2.19. The summed E-state index contributed by atoms with van der Waals surface area (Å²) in [7, 11) is 0. The van der Waals surface area contributed by atoms with Crippen molar-refractivity contribution < 1.29 is 4.42 Å².